The van der Waals surface area contributed by atoms with E-state index in [0.29, 0.717) is 6.61 Å². The van der Waals surface area contributed by atoms with Crippen LogP contribution in [0.15, 0.2) is 0 Å². The summed E-state index contributed by atoms with van der Waals surface area (Å²) in [7, 11) is 0. The van der Waals surface area contributed by atoms with Crippen molar-refractivity contribution in [3.8, 4) is 0 Å². The van der Waals surface area contributed by atoms with Gasteiger partial charge in [0.2, 0.25) is 0 Å². The van der Waals surface area contributed by atoms with Gasteiger partial charge in [-0.2, -0.15) is 0 Å². The van der Waals surface area contributed by atoms with Gasteiger partial charge in [-0.3, -0.25) is 0 Å². The Morgan fingerprint density at radius 3 is 1.57 bits per heavy atom. The zero-order valence-corrected chi connectivity index (χ0v) is 10.3. The van der Waals surface area contributed by atoms with Crippen molar-refractivity contribution in [2.75, 3.05) is 33.0 Å². The van der Waals surface area contributed by atoms with Gasteiger partial charge in [-0.05, 0) is 34.6 Å². The summed E-state index contributed by atoms with van der Waals surface area (Å²) >= 11 is 0. The highest BCUT2D eigenvalue weighted by atomic mass is 16.5. The van der Waals surface area contributed by atoms with Crippen LogP contribution in [0.4, 0.5) is 0 Å². The molecule has 0 spiro atoms. The van der Waals surface area contributed by atoms with Crippen LogP contribution in [0.25, 0.3) is 0 Å². The van der Waals surface area contributed by atoms with Crippen molar-refractivity contribution in [3.63, 3.8) is 0 Å². The van der Waals surface area contributed by atoms with E-state index in [9.17, 15) is 0 Å². The number of rotatable bonds is 7. The molecule has 0 rings (SSSR count). The van der Waals surface area contributed by atoms with Crippen molar-refractivity contribution < 1.29 is 14.2 Å². The molecule has 0 fully saturated rings. The summed E-state index contributed by atoms with van der Waals surface area (Å²) in [4.78, 5) is 0. The van der Waals surface area contributed by atoms with E-state index in [2.05, 4.69) is 0 Å². The first-order valence-electron chi connectivity index (χ1n) is 5.49. The molecule has 0 N–H and O–H groups in total. The summed E-state index contributed by atoms with van der Waals surface area (Å²) < 4.78 is 15.2. The Bertz CT molecular complexity index is 84.6. The Kier molecular flexibility index (Phi) is 17.9. The average molecular weight is 206 g/mol. The summed E-state index contributed by atoms with van der Waals surface area (Å²) in [5, 5.41) is 0. The first-order chi connectivity index (χ1) is 6.72. The van der Waals surface area contributed by atoms with E-state index in [1.807, 2.05) is 34.6 Å². The molecule has 0 bridgehead atoms. The fourth-order valence-corrected chi connectivity index (χ4v) is 0.821. The number of hydrogen-bond acceptors (Lipinski definition) is 3. The summed E-state index contributed by atoms with van der Waals surface area (Å²) in [6.45, 7) is 13.9. The lowest BCUT2D eigenvalue weighted by atomic mass is 10.4. The molecule has 0 amide bonds. The second-order valence-corrected chi connectivity index (χ2v) is 2.71. The smallest absolute Gasteiger partial charge is 0.0780 e. The van der Waals surface area contributed by atoms with Gasteiger partial charge in [0.25, 0.3) is 0 Å². The van der Waals surface area contributed by atoms with Crippen LogP contribution in [-0.4, -0.2) is 39.1 Å². The van der Waals surface area contributed by atoms with Crippen LogP contribution in [0.2, 0.25) is 0 Å². The molecule has 0 aliphatic heterocycles. The molecule has 0 aliphatic carbocycles. The second-order valence-electron chi connectivity index (χ2n) is 2.71. The van der Waals surface area contributed by atoms with Crippen molar-refractivity contribution in [2.45, 2.75) is 40.7 Å². The molecule has 14 heavy (non-hydrogen) atoms. The Morgan fingerprint density at radius 1 is 0.786 bits per heavy atom. The molecular weight excluding hydrogens is 180 g/mol. The third-order valence-electron chi connectivity index (χ3n) is 1.42. The minimum atomic E-state index is 0.245. The Morgan fingerprint density at radius 2 is 1.29 bits per heavy atom. The fraction of sp³-hybridized carbons (Fsp3) is 1.00. The predicted molar refractivity (Wildman–Crippen MR) is 59.7 cm³/mol. The molecule has 88 valence electrons. The van der Waals surface area contributed by atoms with Gasteiger partial charge in [0.05, 0.1) is 12.7 Å². The molecule has 0 aromatic carbocycles. The van der Waals surface area contributed by atoms with Gasteiger partial charge in [0, 0.05) is 26.4 Å². The Hall–Kier alpha value is -0.120. The maximum atomic E-state index is 5.22. The topological polar surface area (TPSA) is 27.7 Å². The third-order valence-corrected chi connectivity index (χ3v) is 1.42. The minimum absolute atomic E-state index is 0.245. The zero-order chi connectivity index (χ0) is 11.2. The molecule has 0 radical (unpaired) electrons. The number of ether oxygens (including phenoxy) is 3. The van der Waals surface area contributed by atoms with Crippen LogP contribution in [0.3, 0.4) is 0 Å². The summed E-state index contributed by atoms with van der Waals surface area (Å²) in [5.74, 6) is 0. The normalized spacial score (nSPS) is 11.8. The van der Waals surface area contributed by atoms with Gasteiger partial charge < -0.3 is 14.2 Å². The summed E-state index contributed by atoms with van der Waals surface area (Å²) in [6.07, 6.45) is 0.245. The van der Waals surface area contributed by atoms with E-state index in [-0.39, 0.29) is 6.10 Å². The van der Waals surface area contributed by atoms with E-state index in [4.69, 9.17) is 14.2 Å². The molecule has 3 nitrogen and oxygen atoms in total. The molecule has 0 heterocycles. The fourth-order valence-electron chi connectivity index (χ4n) is 0.821. The van der Waals surface area contributed by atoms with E-state index >= 15 is 0 Å². The van der Waals surface area contributed by atoms with Crippen LogP contribution in [0, 0.1) is 0 Å². The zero-order valence-electron chi connectivity index (χ0n) is 10.3. The lowest BCUT2D eigenvalue weighted by molar-refractivity contribution is 0.00215. The molecule has 0 aliphatic rings. The summed E-state index contributed by atoms with van der Waals surface area (Å²) in [6, 6.07) is 0. The van der Waals surface area contributed by atoms with Crippen LogP contribution in [-0.2, 0) is 14.2 Å². The van der Waals surface area contributed by atoms with E-state index in [1.165, 1.54) is 0 Å². The molecule has 0 aromatic heterocycles. The quantitative estimate of drug-likeness (QED) is 0.640. The molecule has 3 heteroatoms. The maximum absolute atomic E-state index is 5.22. The lowest BCUT2D eigenvalue weighted by Gasteiger charge is -2.09. The van der Waals surface area contributed by atoms with E-state index in [1.54, 1.807) is 0 Å². The largest absolute Gasteiger partial charge is 0.382 e. The standard InChI is InChI=1S/C7H16O2.C4H10O/c1-4-8-6-7(3)9-5-2;1-3-5-4-2/h7H,4-6H2,1-3H3;3-4H2,1-2H3. The third kappa shape index (κ3) is 17.8. The first kappa shape index (κ1) is 16.3. The van der Waals surface area contributed by atoms with Gasteiger partial charge in [0.15, 0.2) is 0 Å². The highest BCUT2D eigenvalue weighted by molar-refractivity contribution is 4.44. The molecule has 1 atom stereocenters. The Balaban J connectivity index is 0. The van der Waals surface area contributed by atoms with Crippen molar-refractivity contribution in [3.05, 3.63) is 0 Å². The number of hydrogen-bond donors (Lipinski definition) is 0. The van der Waals surface area contributed by atoms with Crippen molar-refractivity contribution in [1.29, 1.82) is 0 Å². The Labute approximate surface area is 88.7 Å². The molecule has 0 saturated heterocycles. The average Bonchev–Trinajstić information content (AvgIpc) is 2.17. The van der Waals surface area contributed by atoms with Gasteiger partial charge in [0.1, 0.15) is 0 Å². The second kappa shape index (κ2) is 15.4. The van der Waals surface area contributed by atoms with Crippen molar-refractivity contribution in [2.24, 2.45) is 0 Å². The SMILES string of the molecule is CCOCC.CCOCC(C)OCC. The van der Waals surface area contributed by atoms with E-state index in [0.717, 1.165) is 26.4 Å². The van der Waals surface area contributed by atoms with Gasteiger partial charge >= 0.3 is 0 Å². The lowest BCUT2D eigenvalue weighted by Crippen LogP contribution is -2.15. The highest BCUT2D eigenvalue weighted by Gasteiger charge is 1.97. The van der Waals surface area contributed by atoms with Crippen LogP contribution >= 0.6 is 0 Å². The van der Waals surface area contributed by atoms with Crippen molar-refractivity contribution >= 4 is 0 Å². The van der Waals surface area contributed by atoms with Crippen LogP contribution < -0.4 is 0 Å². The van der Waals surface area contributed by atoms with Gasteiger partial charge in [-0.25, -0.2) is 0 Å². The monoisotopic (exact) mass is 206 g/mol. The molecule has 1 unspecified atom stereocenters. The van der Waals surface area contributed by atoms with Gasteiger partial charge in [-0.1, -0.05) is 0 Å². The molecule has 0 aromatic rings. The van der Waals surface area contributed by atoms with Gasteiger partial charge in [-0.15, -0.1) is 0 Å². The summed E-state index contributed by atoms with van der Waals surface area (Å²) in [5.41, 5.74) is 0. The first-order valence-corrected chi connectivity index (χ1v) is 5.49. The minimum Gasteiger partial charge on any atom is -0.382 e. The van der Waals surface area contributed by atoms with Crippen molar-refractivity contribution in [1.82, 2.24) is 0 Å². The van der Waals surface area contributed by atoms with Crippen LogP contribution in [0.5, 0.6) is 0 Å². The highest BCUT2D eigenvalue weighted by Crippen LogP contribution is 1.90. The molecular formula is C11H26O3. The van der Waals surface area contributed by atoms with Crippen LogP contribution in [0.1, 0.15) is 34.6 Å². The van der Waals surface area contributed by atoms with E-state index < -0.39 is 0 Å². The predicted octanol–water partition coefficient (Wildman–Crippen LogP) is 2.49. The molecule has 0 saturated carbocycles. The maximum Gasteiger partial charge on any atom is 0.0780 e.